The zero-order valence-corrected chi connectivity index (χ0v) is 18.7. The van der Waals surface area contributed by atoms with Crippen molar-refractivity contribution < 1.29 is 13.2 Å². The molecule has 0 aliphatic carbocycles. The first-order valence-electron chi connectivity index (χ1n) is 9.95. The highest BCUT2D eigenvalue weighted by Crippen LogP contribution is 2.32. The molecule has 0 radical (unpaired) electrons. The van der Waals surface area contributed by atoms with Crippen LogP contribution in [0, 0.1) is 6.92 Å². The van der Waals surface area contributed by atoms with Gasteiger partial charge in [-0.05, 0) is 56.6 Å². The molecule has 0 saturated heterocycles. The van der Waals surface area contributed by atoms with Crippen molar-refractivity contribution in [1.29, 1.82) is 0 Å². The van der Waals surface area contributed by atoms with Crippen molar-refractivity contribution in [3.05, 3.63) is 59.8 Å². The summed E-state index contributed by atoms with van der Waals surface area (Å²) in [6.07, 6.45) is 2.57. The third-order valence-corrected chi connectivity index (χ3v) is 6.72. The predicted molar refractivity (Wildman–Crippen MR) is 118 cm³/mol. The Bertz CT molecular complexity index is 1100. The Kier molecular flexibility index (Phi) is 6.34. The smallest absolute Gasteiger partial charge is 0.268 e. The molecule has 3 rings (SSSR count). The topological polar surface area (TPSA) is 51.5 Å². The molecule has 0 bridgehead atoms. The SMILES string of the molecule is Cc1cn(S(=O)(=O)c2ccc(C(C)C)c(OCCCN(C)C)c2)c2ccccc12. The van der Waals surface area contributed by atoms with Crippen LogP contribution in [-0.2, 0) is 10.0 Å². The number of hydrogen-bond donors (Lipinski definition) is 0. The van der Waals surface area contributed by atoms with Gasteiger partial charge in [-0.3, -0.25) is 0 Å². The Hall–Kier alpha value is -2.31. The van der Waals surface area contributed by atoms with E-state index in [1.165, 1.54) is 3.97 Å². The molecule has 0 saturated carbocycles. The highest BCUT2D eigenvalue weighted by Gasteiger charge is 2.22. The van der Waals surface area contributed by atoms with Crippen molar-refractivity contribution in [1.82, 2.24) is 8.87 Å². The third kappa shape index (κ3) is 4.49. The van der Waals surface area contributed by atoms with Gasteiger partial charge in [0.15, 0.2) is 0 Å². The molecule has 29 heavy (non-hydrogen) atoms. The molecule has 0 aliphatic heterocycles. The van der Waals surface area contributed by atoms with Gasteiger partial charge in [0.2, 0.25) is 0 Å². The molecule has 0 atom stereocenters. The number of nitrogens with zero attached hydrogens (tertiary/aromatic N) is 2. The van der Waals surface area contributed by atoms with Gasteiger partial charge in [-0.2, -0.15) is 0 Å². The molecular formula is C23H30N2O3S. The first kappa shape index (κ1) is 21.4. The second-order valence-corrected chi connectivity index (χ2v) is 9.80. The average molecular weight is 415 g/mol. The summed E-state index contributed by atoms with van der Waals surface area (Å²) in [6.45, 7) is 7.56. The van der Waals surface area contributed by atoms with Gasteiger partial charge in [0.25, 0.3) is 10.0 Å². The van der Waals surface area contributed by atoms with E-state index in [9.17, 15) is 8.42 Å². The van der Waals surface area contributed by atoms with Crippen LogP contribution < -0.4 is 4.74 Å². The molecule has 2 aromatic carbocycles. The van der Waals surface area contributed by atoms with E-state index in [0.29, 0.717) is 17.9 Å². The van der Waals surface area contributed by atoms with Crippen LogP contribution in [0.15, 0.2) is 53.6 Å². The van der Waals surface area contributed by atoms with Gasteiger partial charge in [-0.15, -0.1) is 0 Å². The highest BCUT2D eigenvalue weighted by atomic mass is 32.2. The molecule has 0 aliphatic rings. The molecule has 6 heteroatoms. The summed E-state index contributed by atoms with van der Waals surface area (Å²) in [5, 5.41) is 0.940. The lowest BCUT2D eigenvalue weighted by Crippen LogP contribution is -2.16. The van der Waals surface area contributed by atoms with Crippen molar-refractivity contribution >= 4 is 20.9 Å². The van der Waals surface area contributed by atoms with Crippen molar-refractivity contribution in [3.8, 4) is 5.75 Å². The fourth-order valence-electron chi connectivity index (χ4n) is 3.47. The Labute approximate surface area is 174 Å². The first-order chi connectivity index (χ1) is 13.7. The number of para-hydroxylation sites is 1. The number of rotatable bonds is 8. The molecular weight excluding hydrogens is 384 g/mol. The van der Waals surface area contributed by atoms with Gasteiger partial charge in [0, 0.05) is 24.2 Å². The standard InChI is InChI=1S/C23H30N2O3S/c1-17(2)20-12-11-19(15-23(20)28-14-8-13-24(4)5)29(26,27)25-16-18(3)21-9-6-7-10-22(21)25/h6-7,9-12,15-17H,8,13-14H2,1-5H3. The van der Waals surface area contributed by atoms with Gasteiger partial charge < -0.3 is 9.64 Å². The molecule has 3 aromatic rings. The van der Waals surface area contributed by atoms with Crippen LogP contribution in [0.2, 0.25) is 0 Å². The van der Waals surface area contributed by atoms with E-state index in [4.69, 9.17) is 4.74 Å². The molecule has 1 aromatic heterocycles. The van der Waals surface area contributed by atoms with E-state index in [-0.39, 0.29) is 10.8 Å². The van der Waals surface area contributed by atoms with Crippen LogP contribution in [0.4, 0.5) is 0 Å². The zero-order chi connectivity index (χ0) is 21.2. The normalized spacial score (nSPS) is 12.2. The Morgan fingerprint density at radius 3 is 2.52 bits per heavy atom. The lowest BCUT2D eigenvalue weighted by molar-refractivity contribution is 0.278. The van der Waals surface area contributed by atoms with Crippen LogP contribution >= 0.6 is 0 Å². The maximum absolute atomic E-state index is 13.4. The quantitative estimate of drug-likeness (QED) is 0.504. The molecule has 0 unspecified atom stereocenters. The third-order valence-electron chi connectivity index (χ3n) is 5.05. The summed E-state index contributed by atoms with van der Waals surface area (Å²) in [5.41, 5.74) is 2.64. The lowest BCUT2D eigenvalue weighted by atomic mass is 10.0. The van der Waals surface area contributed by atoms with E-state index in [2.05, 4.69) is 18.7 Å². The van der Waals surface area contributed by atoms with E-state index in [1.807, 2.05) is 51.4 Å². The summed E-state index contributed by atoms with van der Waals surface area (Å²) >= 11 is 0. The van der Waals surface area contributed by atoms with Gasteiger partial charge >= 0.3 is 0 Å². The molecule has 0 N–H and O–H groups in total. The minimum atomic E-state index is -3.73. The van der Waals surface area contributed by atoms with Gasteiger partial charge in [0.05, 0.1) is 17.0 Å². The number of aromatic nitrogens is 1. The van der Waals surface area contributed by atoms with Crippen LogP contribution in [0.3, 0.4) is 0 Å². The number of aryl methyl sites for hydroxylation is 1. The van der Waals surface area contributed by atoms with Crippen LogP contribution in [-0.4, -0.2) is 44.5 Å². The molecule has 1 heterocycles. The molecule has 0 amide bonds. The van der Waals surface area contributed by atoms with E-state index in [1.54, 1.807) is 18.3 Å². The summed E-state index contributed by atoms with van der Waals surface area (Å²) in [6, 6.07) is 12.8. The molecule has 0 fully saturated rings. The minimum Gasteiger partial charge on any atom is -0.493 e. The second kappa shape index (κ2) is 8.59. The maximum Gasteiger partial charge on any atom is 0.268 e. The summed E-state index contributed by atoms with van der Waals surface area (Å²) in [7, 11) is 0.323. The Morgan fingerprint density at radius 2 is 1.83 bits per heavy atom. The van der Waals surface area contributed by atoms with Crippen molar-refractivity contribution in [2.45, 2.75) is 38.0 Å². The maximum atomic E-state index is 13.4. The van der Waals surface area contributed by atoms with Crippen molar-refractivity contribution in [2.75, 3.05) is 27.2 Å². The monoisotopic (exact) mass is 414 g/mol. The van der Waals surface area contributed by atoms with Crippen LogP contribution in [0.25, 0.3) is 10.9 Å². The average Bonchev–Trinajstić information content (AvgIpc) is 3.02. The zero-order valence-electron chi connectivity index (χ0n) is 17.8. The van der Waals surface area contributed by atoms with E-state index >= 15 is 0 Å². The molecule has 0 spiro atoms. The van der Waals surface area contributed by atoms with Crippen LogP contribution in [0.1, 0.15) is 37.3 Å². The van der Waals surface area contributed by atoms with Gasteiger partial charge in [-0.25, -0.2) is 12.4 Å². The number of fused-ring (bicyclic) bond motifs is 1. The van der Waals surface area contributed by atoms with Gasteiger partial charge in [0.1, 0.15) is 5.75 Å². The first-order valence-corrected chi connectivity index (χ1v) is 11.4. The molecule has 5 nitrogen and oxygen atoms in total. The second-order valence-electron chi connectivity index (χ2n) is 7.99. The fourth-order valence-corrected chi connectivity index (χ4v) is 4.90. The van der Waals surface area contributed by atoms with Crippen LogP contribution in [0.5, 0.6) is 5.75 Å². The Balaban J connectivity index is 1.99. The summed E-state index contributed by atoms with van der Waals surface area (Å²) < 4.78 is 34.2. The largest absolute Gasteiger partial charge is 0.493 e. The van der Waals surface area contributed by atoms with E-state index < -0.39 is 10.0 Å². The number of ether oxygens (including phenoxy) is 1. The highest BCUT2D eigenvalue weighted by molar-refractivity contribution is 7.90. The van der Waals surface area contributed by atoms with Gasteiger partial charge in [-0.1, -0.05) is 38.1 Å². The number of hydrogen-bond acceptors (Lipinski definition) is 4. The van der Waals surface area contributed by atoms with Crippen molar-refractivity contribution in [3.63, 3.8) is 0 Å². The Morgan fingerprint density at radius 1 is 1.10 bits per heavy atom. The summed E-state index contributed by atoms with van der Waals surface area (Å²) in [4.78, 5) is 2.35. The summed E-state index contributed by atoms with van der Waals surface area (Å²) in [5.74, 6) is 0.887. The molecule has 156 valence electrons. The minimum absolute atomic E-state index is 0.241. The van der Waals surface area contributed by atoms with E-state index in [0.717, 1.165) is 29.5 Å². The fraction of sp³-hybridized carbons (Fsp3) is 0.391. The number of benzene rings is 2. The lowest BCUT2D eigenvalue weighted by Gasteiger charge is -2.17. The van der Waals surface area contributed by atoms with Crippen molar-refractivity contribution in [2.24, 2.45) is 0 Å². The predicted octanol–water partition coefficient (Wildman–Crippen LogP) is 4.64.